The second-order valence-electron chi connectivity index (χ2n) is 4.96. The lowest BCUT2D eigenvalue weighted by Crippen LogP contribution is -2.37. The van der Waals surface area contributed by atoms with E-state index >= 15 is 0 Å². The summed E-state index contributed by atoms with van der Waals surface area (Å²) in [5.41, 5.74) is 5.79. The Bertz CT molecular complexity index is 199. The highest BCUT2D eigenvalue weighted by Crippen LogP contribution is 2.29. The van der Waals surface area contributed by atoms with Crippen LogP contribution in [0.2, 0.25) is 0 Å². The van der Waals surface area contributed by atoms with Crippen LogP contribution in [0.4, 0.5) is 0 Å². The zero-order chi connectivity index (χ0) is 10.1. The van der Waals surface area contributed by atoms with Crippen LogP contribution in [-0.4, -0.2) is 30.0 Å². The van der Waals surface area contributed by atoms with Gasteiger partial charge in [0.1, 0.15) is 0 Å². The van der Waals surface area contributed by atoms with Gasteiger partial charge in [-0.05, 0) is 39.5 Å². The fourth-order valence-corrected chi connectivity index (χ4v) is 1.21. The maximum Gasteiger partial charge on any atom is 0.191 e. The average molecular weight is 183 g/mol. The van der Waals surface area contributed by atoms with Crippen molar-refractivity contribution in [2.75, 3.05) is 13.6 Å². The third kappa shape index (κ3) is 4.15. The third-order valence-electron chi connectivity index (χ3n) is 2.07. The fourth-order valence-electron chi connectivity index (χ4n) is 1.21. The summed E-state index contributed by atoms with van der Waals surface area (Å²) in [7, 11) is 2.02. The zero-order valence-electron chi connectivity index (χ0n) is 9.17. The fraction of sp³-hybridized carbons (Fsp3) is 0.900. The number of nitrogens with two attached hydrogens (primary N) is 1. The van der Waals surface area contributed by atoms with E-state index in [-0.39, 0.29) is 5.54 Å². The standard InChI is InChI=1S/C10H21N3/c1-10(2,3)12-9(11)13(4)7-8-5-6-8/h8H,5-7H2,1-4H3,(H2,11,12). The van der Waals surface area contributed by atoms with Gasteiger partial charge in [0.05, 0.1) is 5.54 Å². The van der Waals surface area contributed by atoms with Crippen LogP contribution in [0.25, 0.3) is 0 Å². The molecule has 0 unspecified atom stereocenters. The molecule has 0 aromatic rings. The first-order valence-electron chi connectivity index (χ1n) is 4.95. The van der Waals surface area contributed by atoms with E-state index in [0.717, 1.165) is 12.5 Å². The first kappa shape index (κ1) is 10.4. The van der Waals surface area contributed by atoms with Gasteiger partial charge in [0.2, 0.25) is 0 Å². The third-order valence-corrected chi connectivity index (χ3v) is 2.07. The predicted octanol–water partition coefficient (Wildman–Crippen LogP) is 1.44. The summed E-state index contributed by atoms with van der Waals surface area (Å²) in [6.45, 7) is 7.24. The number of aliphatic imine (C=N–C) groups is 1. The largest absolute Gasteiger partial charge is 0.370 e. The Morgan fingerprint density at radius 1 is 1.46 bits per heavy atom. The van der Waals surface area contributed by atoms with Gasteiger partial charge in [-0.3, -0.25) is 0 Å². The van der Waals surface area contributed by atoms with Crippen LogP contribution >= 0.6 is 0 Å². The van der Waals surface area contributed by atoms with Crippen molar-refractivity contribution in [2.24, 2.45) is 16.6 Å². The van der Waals surface area contributed by atoms with Gasteiger partial charge in [0.25, 0.3) is 0 Å². The smallest absolute Gasteiger partial charge is 0.191 e. The highest BCUT2D eigenvalue weighted by atomic mass is 15.2. The molecule has 1 fully saturated rings. The summed E-state index contributed by atoms with van der Waals surface area (Å²) in [6.07, 6.45) is 2.71. The Morgan fingerprint density at radius 2 is 2.00 bits per heavy atom. The van der Waals surface area contributed by atoms with E-state index in [1.807, 2.05) is 7.05 Å². The Balaban J connectivity index is 2.44. The van der Waals surface area contributed by atoms with Gasteiger partial charge in [-0.15, -0.1) is 0 Å². The number of guanidine groups is 1. The Kier molecular flexibility index (Phi) is 2.84. The number of hydrogen-bond acceptors (Lipinski definition) is 1. The molecule has 0 aromatic carbocycles. The molecule has 1 rings (SSSR count). The topological polar surface area (TPSA) is 41.6 Å². The first-order chi connectivity index (χ1) is 5.88. The summed E-state index contributed by atoms with van der Waals surface area (Å²) < 4.78 is 0. The maximum atomic E-state index is 5.86. The lowest BCUT2D eigenvalue weighted by atomic mass is 10.1. The van der Waals surface area contributed by atoms with E-state index in [9.17, 15) is 0 Å². The van der Waals surface area contributed by atoms with E-state index in [1.54, 1.807) is 0 Å². The van der Waals surface area contributed by atoms with E-state index in [4.69, 9.17) is 5.73 Å². The summed E-state index contributed by atoms with van der Waals surface area (Å²) in [5, 5.41) is 0. The zero-order valence-corrected chi connectivity index (χ0v) is 9.17. The second-order valence-corrected chi connectivity index (χ2v) is 4.96. The van der Waals surface area contributed by atoms with Gasteiger partial charge in [-0.2, -0.15) is 0 Å². The Labute approximate surface area is 81.0 Å². The van der Waals surface area contributed by atoms with E-state index < -0.39 is 0 Å². The Hall–Kier alpha value is -0.730. The van der Waals surface area contributed by atoms with Gasteiger partial charge < -0.3 is 10.6 Å². The molecule has 0 saturated heterocycles. The molecule has 0 atom stereocenters. The highest BCUT2D eigenvalue weighted by molar-refractivity contribution is 5.78. The predicted molar refractivity (Wildman–Crippen MR) is 56.7 cm³/mol. The molecule has 13 heavy (non-hydrogen) atoms. The molecule has 3 nitrogen and oxygen atoms in total. The van der Waals surface area contributed by atoms with Crippen molar-refractivity contribution < 1.29 is 0 Å². The molecule has 3 heteroatoms. The molecule has 0 aromatic heterocycles. The molecule has 0 bridgehead atoms. The minimum Gasteiger partial charge on any atom is -0.370 e. The van der Waals surface area contributed by atoms with Crippen molar-refractivity contribution in [3.63, 3.8) is 0 Å². The summed E-state index contributed by atoms with van der Waals surface area (Å²) >= 11 is 0. The first-order valence-corrected chi connectivity index (χ1v) is 4.95. The van der Waals surface area contributed by atoms with Crippen LogP contribution < -0.4 is 5.73 Å². The SMILES string of the molecule is CN(CC1CC1)C(N)=NC(C)(C)C. The van der Waals surface area contributed by atoms with E-state index in [1.165, 1.54) is 12.8 Å². The van der Waals surface area contributed by atoms with Crippen LogP contribution in [0.3, 0.4) is 0 Å². The number of nitrogens with zero attached hydrogens (tertiary/aromatic N) is 2. The van der Waals surface area contributed by atoms with Gasteiger partial charge in [0.15, 0.2) is 5.96 Å². The van der Waals surface area contributed by atoms with Crippen LogP contribution in [-0.2, 0) is 0 Å². The summed E-state index contributed by atoms with van der Waals surface area (Å²) in [5.74, 6) is 1.53. The lowest BCUT2D eigenvalue weighted by Gasteiger charge is -2.21. The van der Waals surface area contributed by atoms with Crippen LogP contribution in [0.15, 0.2) is 4.99 Å². The molecule has 1 aliphatic rings. The van der Waals surface area contributed by atoms with Gasteiger partial charge in [0, 0.05) is 13.6 Å². The quantitative estimate of drug-likeness (QED) is 0.520. The minimum absolute atomic E-state index is 0.0676. The number of rotatable bonds is 2. The molecule has 0 radical (unpaired) electrons. The van der Waals surface area contributed by atoms with E-state index in [0.29, 0.717) is 5.96 Å². The second kappa shape index (κ2) is 3.56. The monoisotopic (exact) mass is 183 g/mol. The van der Waals surface area contributed by atoms with Crippen LogP contribution in [0.1, 0.15) is 33.6 Å². The normalized spacial score (nSPS) is 18.9. The molecule has 1 saturated carbocycles. The molecule has 2 N–H and O–H groups in total. The van der Waals surface area contributed by atoms with Crippen molar-refractivity contribution >= 4 is 5.96 Å². The lowest BCUT2D eigenvalue weighted by molar-refractivity contribution is 0.456. The van der Waals surface area contributed by atoms with Gasteiger partial charge in [-0.1, -0.05) is 0 Å². The minimum atomic E-state index is -0.0676. The molecule has 0 amide bonds. The van der Waals surface area contributed by atoms with Gasteiger partial charge in [-0.25, -0.2) is 4.99 Å². The van der Waals surface area contributed by atoms with Crippen molar-refractivity contribution in [1.82, 2.24) is 4.90 Å². The average Bonchev–Trinajstić information content (AvgIpc) is 2.67. The Morgan fingerprint density at radius 3 is 2.38 bits per heavy atom. The molecule has 0 aliphatic heterocycles. The molecule has 0 heterocycles. The van der Waals surface area contributed by atoms with Gasteiger partial charge >= 0.3 is 0 Å². The summed E-state index contributed by atoms with van der Waals surface area (Å²) in [4.78, 5) is 6.47. The van der Waals surface area contributed by atoms with Crippen molar-refractivity contribution in [3.05, 3.63) is 0 Å². The van der Waals surface area contributed by atoms with E-state index in [2.05, 4.69) is 30.7 Å². The van der Waals surface area contributed by atoms with Crippen LogP contribution in [0, 0.1) is 5.92 Å². The van der Waals surface area contributed by atoms with Crippen molar-refractivity contribution in [3.8, 4) is 0 Å². The summed E-state index contributed by atoms with van der Waals surface area (Å²) in [6, 6.07) is 0. The van der Waals surface area contributed by atoms with Crippen molar-refractivity contribution in [2.45, 2.75) is 39.2 Å². The maximum absolute atomic E-state index is 5.86. The molecule has 76 valence electrons. The van der Waals surface area contributed by atoms with Crippen molar-refractivity contribution in [1.29, 1.82) is 0 Å². The molecular formula is C10H21N3. The number of hydrogen-bond donors (Lipinski definition) is 1. The molecule has 1 aliphatic carbocycles. The molecule has 0 spiro atoms. The highest BCUT2D eigenvalue weighted by Gasteiger charge is 2.23. The molecular weight excluding hydrogens is 162 g/mol. The van der Waals surface area contributed by atoms with Crippen LogP contribution in [0.5, 0.6) is 0 Å².